The van der Waals surface area contributed by atoms with Gasteiger partial charge in [0.15, 0.2) is 5.11 Å². The van der Waals surface area contributed by atoms with E-state index in [9.17, 15) is 0 Å². The number of ether oxygens (including phenoxy) is 1. The summed E-state index contributed by atoms with van der Waals surface area (Å²) in [5.41, 5.74) is 1.19. The zero-order valence-corrected chi connectivity index (χ0v) is 12.6. The number of hydrogen-bond acceptors (Lipinski definition) is 2. The maximum atomic E-state index is 5.90. The molecule has 1 atom stereocenters. The van der Waals surface area contributed by atoms with Gasteiger partial charge in [-0.05, 0) is 42.8 Å². The molecular weight excluding hydrogens is 280 g/mol. The summed E-state index contributed by atoms with van der Waals surface area (Å²) in [6.07, 6.45) is 2.55. The minimum atomic E-state index is 0.290. The van der Waals surface area contributed by atoms with Crippen molar-refractivity contribution < 1.29 is 4.74 Å². The molecule has 1 unspecified atom stereocenters. The zero-order chi connectivity index (χ0) is 13.7. The Morgan fingerprint density at radius 3 is 2.79 bits per heavy atom. The fourth-order valence-corrected chi connectivity index (χ4v) is 2.49. The summed E-state index contributed by atoms with van der Waals surface area (Å²) in [4.78, 5) is 2.15. The van der Waals surface area contributed by atoms with Crippen LogP contribution in [0, 0.1) is 0 Å². The summed E-state index contributed by atoms with van der Waals surface area (Å²) in [6, 6.07) is 7.87. The molecule has 19 heavy (non-hydrogen) atoms. The SMILES string of the molecule is CNC(=S)N(Cc1ccc(Cl)cc1)CC1CCCO1. The quantitative estimate of drug-likeness (QED) is 0.864. The van der Waals surface area contributed by atoms with Gasteiger partial charge in [0, 0.05) is 31.8 Å². The van der Waals surface area contributed by atoms with E-state index in [-0.39, 0.29) is 0 Å². The van der Waals surface area contributed by atoms with Gasteiger partial charge in [0.25, 0.3) is 0 Å². The topological polar surface area (TPSA) is 24.5 Å². The zero-order valence-electron chi connectivity index (χ0n) is 11.1. The highest BCUT2D eigenvalue weighted by atomic mass is 35.5. The second-order valence-corrected chi connectivity index (χ2v) is 5.52. The van der Waals surface area contributed by atoms with Crippen molar-refractivity contribution in [1.82, 2.24) is 10.2 Å². The predicted octanol–water partition coefficient (Wildman–Crippen LogP) is 2.83. The lowest BCUT2D eigenvalue weighted by Crippen LogP contribution is -2.41. The molecule has 1 aliphatic rings. The largest absolute Gasteiger partial charge is 0.376 e. The van der Waals surface area contributed by atoms with Crippen molar-refractivity contribution in [1.29, 1.82) is 0 Å². The highest BCUT2D eigenvalue weighted by Gasteiger charge is 2.20. The fourth-order valence-electron chi connectivity index (χ4n) is 2.22. The Labute approximate surface area is 124 Å². The average Bonchev–Trinajstić information content (AvgIpc) is 2.92. The molecule has 0 amide bonds. The summed E-state index contributed by atoms with van der Waals surface area (Å²) in [5.74, 6) is 0. The number of hydrogen-bond donors (Lipinski definition) is 1. The molecule has 3 nitrogen and oxygen atoms in total. The first-order valence-electron chi connectivity index (χ1n) is 6.51. The lowest BCUT2D eigenvalue weighted by atomic mass is 10.2. The van der Waals surface area contributed by atoms with E-state index < -0.39 is 0 Å². The van der Waals surface area contributed by atoms with Gasteiger partial charge in [0.2, 0.25) is 0 Å². The van der Waals surface area contributed by atoms with Crippen molar-refractivity contribution in [3.8, 4) is 0 Å². The number of benzene rings is 1. The van der Waals surface area contributed by atoms with Crippen molar-refractivity contribution in [3.05, 3.63) is 34.9 Å². The highest BCUT2D eigenvalue weighted by Crippen LogP contribution is 2.16. The van der Waals surface area contributed by atoms with Crippen LogP contribution >= 0.6 is 23.8 Å². The van der Waals surface area contributed by atoms with Crippen molar-refractivity contribution >= 4 is 28.9 Å². The number of halogens is 1. The molecule has 0 aromatic heterocycles. The smallest absolute Gasteiger partial charge is 0.169 e. The Morgan fingerprint density at radius 1 is 1.47 bits per heavy atom. The molecule has 1 aromatic carbocycles. The van der Waals surface area contributed by atoms with Gasteiger partial charge in [-0.15, -0.1) is 0 Å². The van der Waals surface area contributed by atoms with E-state index in [0.717, 1.165) is 42.7 Å². The average molecular weight is 299 g/mol. The number of rotatable bonds is 4. The molecule has 104 valence electrons. The molecule has 1 aliphatic heterocycles. The second-order valence-electron chi connectivity index (χ2n) is 4.70. The Bertz CT molecular complexity index is 418. The first-order chi connectivity index (χ1) is 9.19. The number of nitrogens with zero attached hydrogens (tertiary/aromatic N) is 1. The second kappa shape index (κ2) is 7.08. The minimum Gasteiger partial charge on any atom is -0.376 e. The predicted molar refractivity (Wildman–Crippen MR) is 82.5 cm³/mol. The van der Waals surface area contributed by atoms with Gasteiger partial charge in [-0.25, -0.2) is 0 Å². The lowest BCUT2D eigenvalue weighted by molar-refractivity contribution is 0.0899. The van der Waals surface area contributed by atoms with Crippen molar-refractivity contribution in [3.63, 3.8) is 0 Å². The molecule has 0 spiro atoms. The molecule has 0 aliphatic carbocycles. The minimum absolute atomic E-state index is 0.290. The van der Waals surface area contributed by atoms with E-state index >= 15 is 0 Å². The van der Waals surface area contributed by atoms with Gasteiger partial charge in [0.1, 0.15) is 0 Å². The Morgan fingerprint density at radius 2 is 2.21 bits per heavy atom. The van der Waals surface area contributed by atoms with Crippen LogP contribution in [0.25, 0.3) is 0 Å². The third-order valence-electron chi connectivity index (χ3n) is 3.24. The van der Waals surface area contributed by atoms with E-state index in [4.69, 9.17) is 28.6 Å². The van der Waals surface area contributed by atoms with Crippen molar-refractivity contribution in [2.75, 3.05) is 20.2 Å². The molecule has 0 bridgehead atoms. The van der Waals surface area contributed by atoms with Crippen molar-refractivity contribution in [2.24, 2.45) is 0 Å². The van der Waals surface area contributed by atoms with E-state index in [0.29, 0.717) is 6.10 Å². The third-order valence-corrected chi connectivity index (χ3v) is 3.95. The van der Waals surface area contributed by atoms with Gasteiger partial charge in [-0.1, -0.05) is 23.7 Å². The standard InChI is InChI=1S/C14H19ClN2OS/c1-16-14(19)17(10-13-3-2-8-18-13)9-11-4-6-12(15)7-5-11/h4-7,13H,2-3,8-10H2,1H3,(H,16,19). The van der Waals surface area contributed by atoms with Crippen LogP contribution in [-0.2, 0) is 11.3 Å². The van der Waals surface area contributed by atoms with Gasteiger partial charge >= 0.3 is 0 Å². The van der Waals surface area contributed by atoms with Crippen LogP contribution in [0.4, 0.5) is 0 Å². The van der Waals surface area contributed by atoms with E-state index in [1.807, 2.05) is 31.3 Å². The summed E-state index contributed by atoms with van der Waals surface area (Å²) in [6.45, 7) is 2.48. The number of nitrogens with one attached hydrogen (secondary N) is 1. The van der Waals surface area contributed by atoms with Gasteiger partial charge in [-0.3, -0.25) is 0 Å². The van der Waals surface area contributed by atoms with Crippen LogP contribution in [0.2, 0.25) is 5.02 Å². The summed E-state index contributed by atoms with van der Waals surface area (Å²) in [5, 5.41) is 4.56. The van der Waals surface area contributed by atoms with Gasteiger partial charge in [0.05, 0.1) is 6.10 Å². The molecule has 1 N–H and O–H groups in total. The monoisotopic (exact) mass is 298 g/mol. The van der Waals surface area contributed by atoms with Crippen LogP contribution in [0.5, 0.6) is 0 Å². The van der Waals surface area contributed by atoms with Crippen LogP contribution in [0.1, 0.15) is 18.4 Å². The van der Waals surface area contributed by atoms with E-state index in [1.54, 1.807) is 0 Å². The Kier molecular flexibility index (Phi) is 5.43. The molecule has 1 saturated heterocycles. The van der Waals surface area contributed by atoms with Crippen molar-refractivity contribution in [2.45, 2.75) is 25.5 Å². The molecule has 0 radical (unpaired) electrons. The molecule has 1 heterocycles. The summed E-state index contributed by atoms with van der Waals surface area (Å²) < 4.78 is 5.68. The molecule has 1 aromatic rings. The molecule has 0 saturated carbocycles. The third kappa shape index (κ3) is 4.34. The lowest BCUT2D eigenvalue weighted by Gasteiger charge is -2.27. The molecule has 2 rings (SSSR count). The summed E-state index contributed by atoms with van der Waals surface area (Å²) in [7, 11) is 1.85. The van der Waals surface area contributed by atoms with Crippen LogP contribution < -0.4 is 5.32 Å². The highest BCUT2D eigenvalue weighted by molar-refractivity contribution is 7.80. The van der Waals surface area contributed by atoms with Gasteiger partial charge < -0.3 is 15.0 Å². The van der Waals surface area contributed by atoms with E-state index in [2.05, 4.69) is 10.2 Å². The molecule has 1 fully saturated rings. The van der Waals surface area contributed by atoms with Crippen LogP contribution in [-0.4, -0.2) is 36.3 Å². The Balaban J connectivity index is 2.00. The van der Waals surface area contributed by atoms with Crippen LogP contribution in [0.3, 0.4) is 0 Å². The fraction of sp³-hybridized carbons (Fsp3) is 0.500. The van der Waals surface area contributed by atoms with E-state index in [1.165, 1.54) is 5.56 Å². The first-order valence-corrected chi connectivity index (χ1v) is 7.30. The normalized spacial score (nSPS) is 18.3. The van der Waals surface area contributed by atoms with Gasteiger partial charge in [-0.2, -0.15) is 0 Å². The number of thiocarbonyl (C=S) groups is 1. The maximum Gasteiger partial charge on any atom is 0.169 e. The molecular formula is C14H19ClN2OS. The first kappa shape index (κ1) is 14.6. The maximum absolute atomic E-state index is 5.90. The Hall–Kier alpha value is -0.840. The van der Waals surface area contributed by atoms with Crippen LogP contribution in [0.15, 0.2) is 24.3 Å². The molecule has 5 heteroatoms. The summed E-state index contributed by atoms with van der Waals surface area (Å²) >= 11 is 11.3.